The maximum atomic E-state index is 14.0. The molecule has 0 spiro atoms. The van der Waals surface area contributed by atoms with Crippen LogP contribution in [0.2, 0.25) is 0 Å². The maximum Gasteiger partial charge on any atom is 0.243 e. The molecule has 2 amide bonds. The second-order valence-corrected chi connectivity index (χ2v) is 13.4. The van der Waals surface area contributed by atoms with Crippen molar-refractivity contribution < 1.29 is 18.0 Å². The summed E-state index contributed by atoms with van der Waals surface area (Å²) in [6.07, 6.45) is 1.02. The highest BCUT2D eigenvalue weighted by molar-refractivity contribution is 9.10. The van der Waals surface area contributed by atoms with Crippen molar-refractivity contribution in [1.82, 2.24) is 14.5 Å². The first-order valence-electron chi connectivity index (χ1n) is 13.9. The zero-order valence-electron chi connectivity index (χ0n) is 24.0. The smallest absolute Gasteiger partial charge is 0.243 e. The Bertz CT molecular complexity index is 1630. The van der Waals surface area contributed by atoms with E-state index in [0.717, 1.165) is 37.1 Å². The van der Waals surface area contributed by atoms with E-state index in [1.165, 1.54) is 11.9 Å². The van der Waals surface area contributed by atoms with E-state index < -0.39 is 28.5 Å². The van der Waals surface area contributed by atoms with E-state index >= 15 is 0 Å². The van der Waals surface area contributed by atoms with Gasteiger partial charge in [-0.05, 0) is 59.5 Å². The van der Waals surface area contributed by atoms with Crippen molar-refractivity contribution in [2.75, 3.05) is 13.6 Å². The van der Waals surface area contributed by atoms with Gasteiger partial charge in [-0.3, -0.25) is 9.59 Å². The Kier molecular flexibility index (Phi) is 10.5. The molecule has 0 saturated heterocycles. The highest BCUT2D eigenvalue weighted by Gasteiger charge is 2.33. The Labute approximate surface area is 256 Å². The Morgan fingerprint density at radius 2 is 1.50 bits per heavy atom. The van der Waals surface area contributed by atoms with Gasteiger partial charge in [0.05, 0.1) is 11.4 Å². The maximum absolute atomic E-state index is 14.0. The number of hydrogen-bond donors (Lipinski definition) is 1. The Morgan fingerprint density at radius 3 is 2.17 bits per heavy atom. The van der Waals surface area contributed by atoms with Gasteiger partial charge in [-0.1, -0.05) is 95.7 Å². The number of nitrogens with one attached hydrogen (secondary N) is 1. The highest BCUT2D eigenvalue weighted by atomic mass is 79.9. The number of rotatable bonds is 12. The first kappa shape index (κ1) is 31.4. The minimum atomic E-state index is -3.99. The number of likely N-dealkylation sites (N-methyl/N-ethyl adjacent to an activating group) is 1. The third-order valence-corrected chi connectivity index (χ3v) is 9.65. The summed E-state index contributed by atoms with van der Waals surface area (Å²) in [5.41, 5.74) is 1.72. The Balaban J connectivity index is 1.67. The molecule has 42 heavy (non-hydrogen) atoms. The summed E-state index contributed by atoms with van der Waals surface area (Å²) >= 11 is 3.45. The predicted molar refractivity (Wildman–Crippen MR) is 170 cm³/mol. The van der Waals surface area contributed by atoms with Crippen molar-refractivity contribution in [3.05, 3.63) is 113 Å². The van der Waals surface area contributed by atoms with Crippen molar-refractivity contribution >= 4 is 48.5 Å². The summed E-state index contributed by atoms with van der Waals surface area (Å²) in [4.78, 5) is 29.3. The third-order valence-electron chi connectivity index (χ3n) is 7.33. The average molecular weight is 651 g/mol. The number of hydrogen-bond acceptors (Lipinski definition) is 4. The van der Waals surface area contributed by atoms with Crippen LogP contribution in [0.5, 0.6) is 0 Å². The fourth-order valence-corrected chi connectivity index (χ4v) is 6.08. The van der Waals surface area contributed by atoms with E-state index in [4.69, 9.17) is 0 Å². The van der Waals surface area contributed by atoms with Crippen molar-refractivity contribution in [3.63, 3.8) is 0 Å². The lowest BCUT2D eigenvalue weighted by molar-refractivity contribution is -0.141. The van der Waals surface area contributed by atoms with Gasteiger partial charge in [0.15, 0.2) is 0 Å². The van der Waals surface area contributed by atoms with E-state index in [2.05, 4.69) is 21.2 Å². The molecule has 0 aromatic heterocycles. The molecule has 0 saturated carbocycles. The number of carbonyl (C=O) groups excluding carboxylic acids is 2. The minimum Gasteiger partial charge on any atom is -0.352 e. The summed E-state index contributed by atoms with van der Waals surface area (Å²) < 4.78 is 29.1. The topological polar surface area (TPSA) is 86.8 Å². The second kappa shape index (κ2) is 14.1. The van der Waals surface area contributed by atoms with Gasteiger partial charge in [0.2, 0.25) is 21.8 Å². The molecule has 0 bridgehead atoms. The van der Waals surface area contributed by atoms with Gasteiger partial charge < -0.3 is 10.2 Å². The molecule has 9 heteroatoms. The molecule has 4 aromatic carbocycles. The van der Waals surface area contributed by atoms with E-state index in [9.17, 15) is 18.0 Å². The summed E-state index contributed by atoms with van der Waals surface area (Å²) in [5.74, 6) is -0.747. The predicted octanol–water partition coefficient (Wildman–Crippen LogP) is 5.78. The molecule has 1 N–H and O–H groups in total. The normalized spacial score (nSPS) is 13.1. The molecule has 0 radical (unpaired) electrons. The second-order valence-electron chi connectivity index (χ2n) is 10.4. The number of sulfonamides is 1. The Hall–Kier alpha value is -3.53. The highest BCUT2D eigenvalue weighted by Crippen LogP contribution is 2.23. The number of carbonyl (C=O) groups is 2. The van der Waals surface area contributed by atoms with Crippen LogP contribution in [0.15, 0.2) is 106 Å². The molecule has 220 valence electrons. The van der Waals surface area contributed by atoms with Crippen molar-refractivity contribution in [2.45, 2.75) is 50.2 Å². The average Bonchev–Trinajstić information content (AvgIpc) is 2.99. The van der Waals surface area contributed by atoms with Crippen LogP contribution in [0.4, 0.5) is 0 Å². The fraction of sp³-hybridized carbons (Fsp3) is 0.273. The van der Waals surface area contributed by atoms with Crippen LogP contribution in [-0.4, -0.2) is 55.1 Å². The summed E-state index contributed by atoms with van der Waals surface area (Å²) in [6.45, 7) is 3.62. The van der Waals surface area contributed by atoms with E-state index in [1.807, 2.05) is 92.7 Å². The molecule has 0 aliphatic rings. The molecule has 0 fully saturated rings. The molecule has 0 aliphatic heterocycles. The molecule has 0 heterocycles. The molecule has 2 unspecified atom stereocenters. The zero-order valence-corrected chi connectivity index (χ0v) is 26.4. The van der Waals surface area contributed by atoms with Gasteiger partial charge in [0.1, 0.15) is 6.04 Å². The Morgan fingerprint density at radius 1 is 0.857 bits per heavy atom. The first-order valence-corrected chi connectivity index (χ1v) is 16.1. The van der Waals surface area contributed by atoms with Gasteiger partial charge in [0, 0.05) is 30.5 Å². The lowest BCUT2D eigenvalue weighted by atomic mass is 10.0. The van der Waals surface area contributed by atoms with E-state index in [0.29, 0.717) is 0 Å². The minimum absolute atomic E-state index is 0.0867. The SMILES string of the molecule is CCC(C)NC(=O)C(Cc1ccccc1)N(Cc1ccc(Br)cc1)C(=O)CN(C)S(=O)(=O)c1ccc2ccccc2c1. The van der Waals surface area contributed by atoms with Crippen LogP contribution in [0.3, 0.4) is 0 Å². The molecule has 2 atom stereocenters. The largest absolute Gasteiger partial charge is 0.352 e. The fourth-order valence-electron chi connectivity index (χ4n) is 4.66. The van der Waals surface area contributed by atoms with E-state index in [1.54, 1.807) is 18.2 Å². The van der Waals surface area contributed by atoms with Gasteiger partial charge in [-0.15, -0.1) is 0 Å². The van der Waals surface area contributed by atoms with Gasteiger partial charge in [-0.2, -0.15) is 4.31 Å². The number of fused-ring (bicyclic) bond motifs is 1. The molecule has 4 rings (SSSR count). The van der Waals surface area contributed by atoms with Crippen LogP contribution in [0, 0.1) is 0 Å². The van der Waals surface area contributed by atoms with Crippen molar-refractivity contribution in [2.24, 2.45) is 0 Å². The summed E-state index contributed by atoms with van der Waals surface area (Å²) in [6, 6.07) is 28.5. The van der Waals surface area contributed by atoms with Crippen LogP contribution in [0.1, 0.15) is 31.4 Å². The van der Waals surface area contributed by atoms with Crippen LogP contribution in [0.25, 0.3) is 10.8 Å². The van der Waals surface area contributed by atoms with Crippen molar-refractivity contribution in [3.8, 4) is 0 Å². The number of halogens is 1. The van der Waals surface area contributed by atoms with Gasteiger partial charge in [0.25, 0.3) is 0 Å². The first-order chi connectivity index (χ1) is 20.1. The molecular weight excluding hydrogens is 614 g/mol. The quantitative estimate of drug-likeness (QED) is 0.211. The van der Waals surface area contributed by atoms with Crippen LogP contribution in [-0.2, 0) is 32.6 Å². The van der Waals surface area contributed by atoms with Crippen LogP contribution >= 0.6 is 15.9 Å². The lowest BCUT2D eigenvalue weighted by Gasteiger charge is -2.33. The summed E-state index contributed by atoms with van der Waals surface area (Å²) in [5, 5.41) is 4.75. The van der Waals surface area contributed by atoms with Gasteiger partial charge in [-0.25, -0.2) is 8.42 Å². The monoisotopic (exact) mass is 649 g/mol. The third kappa shape index (κ3) is 7.85. The van der Waals surface area contributed by atoms with Crippen LogP contribution < -0.4 is 5.32 Å². The van der Waals surface area contributed by atoms with E-state index in [-0.39, 0.29) is 29.8 Å². The molecular formula is C33H36BrN3O4S. The lowest BCUT2D eigenvalue weighted by Crippen LogP contribution is -2.54. The molecule has 4 aromatic rings. The number of benzene rings is 4. The molecule has 7 nitrogen and oxygen atoms in total. The number of nitrogens with zero attached hydrogens (tertiary/aromatic N) is 2. The summed E-state index contributed by atoms with van der Waals surface area (Å²) in [7, 11) is -2.59. The standard InChI is InChI=1S/C33H36BrN3O4S/c1-4-24(2)35-33(39)31(20-25-10-6-5-7-11-25)37(22-26-14-17-29(34)18-15-26)32(38)23-36(3)42(40,41)30-19-16-27-12-8-9-13-28(27)21-30/h5-19,21,24,31H,4,20,22-23H2,1-3H3,(H,35,39). The number of amides is 2. The molecule has 0 aliphatic carbocycles. The van der Waals surface area contributed by atoms with Crippen molar-refractivity contribution in [1.29, 1.82) is 0 Å². The van der Waals surface area contributed by atoms with Gasteiger partial charge >= 0.3 is 0 Å². The zero-order chi connectivity index (χ0) is 30.3.